The molecule has 190 valence electrons. The van der Waals surface area contributed by atoms with Gasteiger partial charge in [0.15, 0.2) is 5.82 Å². The highest BCUT2D eigenvalue weighted by Crippen LogP contribution is 2.60. The van der Waals surface area contributed by atoms with E-state index >= 15 is 4.39 Å². The maximum absolute atomic E-state index is 15.3. The van der Waals surface area contributed by atoms with Crippen molar-refractivity contribution >= 4 is 11.6 Å². The van der Waals surface area contributed by atoms with Gasteiger partial charge in [-0.15, -0.1) is 5.10 Å². The van der Waals surface area contributed by atoms with E-state index in [0.717, 1.165) is 6.42 Å². The molecule has 5 heterocycles. The van der Waals surface area contributed by atoms with E-state index in [9.17, 15) is 13.6 Å². The number of imidazole rings is 1. The molecule has 0 bridgehead atoms. The summed E-state index contributed by atoms with van der Waals surface area (Å²) in [7, 11) is 0. The molecule has 4 aromatic heterocycles. The van der Waals surface area contributed by atoms with Crippen molar-refractivity contribution in [3.05, 3.63) is 93.0 Å². The van der Waals surface area contributed by atoms with Crippen molar-refractivity contribution in [2.75, 3.05) is 0 Å². The predicted octanol–water partition coefficient (Wildman–Crippen LogP) is 4.36. The van der Waals surface area contributed by atoms with Gasteiger partial charge in [-0.05, 0) is 65.6 Å². The molecule has 2 aliphatic rings. The van der Waals surface area contributed by atoms with Gasteiger partial charge in [-0.1, -0.05) is 11.6 Å². The Kier molecular flexibility index (Phi) is 4.86. The standard InChI is InChI=1S/C25H16ClF3N8O/c1-10-2-3-12(23(28)31-10)21-24(29)33-25(32-21)22-14-8-13(14)17-6-11(7-18(38)37(17)22)19-16(36-9-30-34-35-36)5-4-15(26)20(19)27/h2-7,9,13-14,22H,8H2,1H3,(H,32,33). The van der Waals surface area contributed by atoms with E-state index < -0.39 is 29.3 Å². The number of fused-ring (bicyclic) bond motifs is 3. The third-order valence-corrected chi connectivity index (χ3v) is 7.45. The van der Waals surface area contributed by atoms with E-state index in [1.165, 1.54) is 33.8 Å². The van der Waals surface area contributed by atoms with Gasteiger partial charge in [0.05, 0.1) is 22.3 Å². The Morgan fingerprint density at radius 3 is 2.71 bits per heavy atom. The summed E-state index contributed by atoms with van der Waals surface area (Å²) in [5.41, 5.74) is 1.15. The van der Waals surface area contributed by atoms with Gasteiger partial charge in [-0.2, -0.15) is 13.5 Å². The van der Waals surface area contributed by atoms with Gasteiger partial charge >= 0.3 is 0 Å². The molecule has 1 aliphatic carbocycles. The molecule has 0 radical (unpaired) electrons. The topological polar surface area (TPSA) is 107 Å². The fourth-order valence-corrected chi connectivity index (χ4v) is 5.57. The van der Waals surface area contributed by atoms with Gasteiger partial charge in [0.25, 0.3) is 5.56 Å². The lowest BCUT2D eigenvalue weighted by Gasteiger charge is -2.18. The summed E-state index contributed by atoms with van der Waals surface area (Å²) >= 11 is 6.08. The molecule has 1 aliphatic heterocycles. The molecule has 1 fully saturated rings. The first-order chi connectivity index (χ1) is 18.3. The Labute approximate surface area is 216 Å². The van der Waals surface area contributed by atoms with Crippen LogP contribution in [0.25, 0.3) is 28.1 Å². The van der Waals surface area contributed by atoms with Crippen LogP contribution in [0.1, 0.15) is 35.6 Å². The van der Waals surface area contributed by atoms with E-state index in [4.69, 9.17) is 11.6 Å². The van der Waals surface area contributed by atoms with Crippen LogP contribution in [0.15, 0.2) is 47.5 Å². The molecule has 3 unspecified atom stereocenters. The molecular formula is C25H16ClF3N8O. The fourth-order valence-electron chi connectivity index (χ4n) is 5.42. The third kappa shape index (κ3) is 3.33. The van der Waals surface area contributed by atoms with Gasteiger partial charge in [0.1, 0.15) is 17.8 Å². The van der Waals surface area contributed by atoms with E-state index in [1.54, 1.807) is 25.1 Å². The average molecular weight is 537 g/mol. The minimum absolute atomic E-state index is 0.000714. The van der Waals surface area contributed by atoms with Crippen LogP contribution in [-0.2, 0) is 0 Å². The monoisotopic (exact) mass is 536 g/mol. The van der Waals surface area contributed by atoms with E-state index in [-0.39, 0.29) is 39.5 Å². The molecule has 1 aromatic carbocycles. The first-order valence-electron chi connectivity index (χ1n) is 11.7. The normalized spacial score (nSPS) is 19.4. The number of pyridine rings is 2. The summed E-state index contributed by atoms with van der Waals surface area (Å²) in [5, 5.41) is 10.9. The molecule has 1 N–H and O–H groups in total. The van der Waals surface area contributed by atoms with Crippen molar-refractivity contribution in [1.82, 2.24) is 39.7 Å². The second-order valence-corrected chi connectivity index (χ2v) is 9.82. The lowest BCUT2D eigenvalue weighted by atomic mass is 10.0. The summed E-state index contributed by atoms with van der Waals surface area (Å²) in [4.78, 5) is 24.2. The molecule has 1 saturated carbocycles. The molecule has 7 rings (SSSR count). The summed E-state index contributed by atoms with van der Waals surface area (Å²) in [6.45, 7) is 1.63. The molecule has 5 aromatic rings. The number of aromatic nitrogens is 8. The van der Waals surface area contributed by atoms with Gasteiger partial charge in [-0.25, -0.2) is 14.4 Å². The molecule has 0 spiro atoms. The molecule has 3 atom stereocenters. The van der Waals surface area contributed by atoms with Crippen LogP contribution in [0.2, 0.25) is 5.02 Å². The SMILES string of the molecule is Cc1ccc(-c2nc(C3C4CC4c4cc(-c5c(-n6cnnn6)ccc(Cl)c5F)cc(=O)n43)[nH]c2F)c(F)n1. The number of hydrogen-bond donors (Lipinski definition) is 1. The highest BCUT2D eigenvalue weighted by atomic mass is 35.5. The van der Waals surface area contributed by atoms with Crippen molar-refractivity contribution in [2.45, 2.75) is 25.3 Å². The lowest BCUT2D eigenvalue weighted by molar-refractivity contribution is 0.504. The molecular weight excluding hydrogens is 521 g/mol. The molecule has 0 saturated heterocycles. The van der Waals surface area contributed by atoms with Crippen molar-refractivity contribution in [3.8, 4) is 28.1 Å². The number of H-pyrrole nitrogens is 1. The Hall–Kier alpha value is -4.32. The van der Waals surface area contributed by atoms with Gasteiger partial charge in [0, 0.05) is 28.9 Å². The zero-order valence-electron chi connectivity index (χ0n) is 19.5. The predicted molar refractivity (Wildman–Crippen MR) is 129 cm³/mol. The largest absolute Gasteiger partial charge is 0.317 e. The zero-order chi connectivity index (χ0) is 26.3. The number of aromatic amines is 1. The van der Waals surface area contributed by atoms with Crippen molar-refractivity contribution < 1.29 is 13.2 Å². The average Bonchev–Trinajstić information content (AvgIpc) is 3.18. The van der Waals surface area contributed by atoms with Crippen LogP contribution in [-0.4, -0.2) is 39.7 Å². The first kappa shape index (κ1) is 22.8. The van der Waals surface area contributed by atoms with E-state index in [0.29, 0.717) is 22.6 Å². The first-order valence-corrected chi connectivity index (χ1v) is 12.1. The Morgan fingerprint density at radius 1 is 1.11 bits per heavy atom. The lowest BCUT2D eigenvalue weighted by Crippen LogP contribution is -2.26. The molecule has 9 nitrogen and oxygen atoms in total. The second kappa shape index (κ2) is 8.09. The minimum atomic E-state index is -0.832. The fraction of sp³-hybridized carbons (Fsp3) is 0.200. The zero-order valence-corrected chi connectivity index (χ0v) is 20.3. The summed E-state index contributed by atoms with van der Waals surface area (Å²) in [5.74, 6) is -2.16. The third-order valence-electron chi connectivity index (χ3n) is 7.16. The number of hydrogen-bond acceptors (Lipinski definition) is 6. The van der Waals surface area contributed by atoms with Crippen molar-refractivity contribution in [1.29, 1.82) is 0 Å². The Morgan fingerprint density at radius 2 is 1.95 bits per heavy atom. The van der Waals surface area contributed by atoms with Gasteiger partial charge < -0.3 is 9.55 Å². The number of aryl methyl sites for hydroxylation is 1. The minimum Gasteiger partial charge on any atom is -0.317 e. The van der Waals surface area contributed by atoms with Crippen LogP contribution in [0.4, 0.5) is 13.2 Å². The van der Waals surface area contributed by atoms with Crippen LogP contribution >= 0.6 is 11.6 Å². The Bertz CT molecular complexity index is 1820. The number of halogens is 4. The number of tetrazole rings is 1. The van der Waals surface area contributed by atoms with Crippen LogP contribution in [0, 0.1) is 30.6 Å². The summed E-state index contributed by atoms with van der Waals surface area (Å²) in [6, 6.07) is 8.40. The number of benzene rings is 1. The molecule has 38 heavy (non-hydrogen) atoms. The number of nitrogens with one attached hydrogen (secondary N) is 1. The van der Waals surface area contributed by atoms with E-state index in [1.807, 2.05) is 0 Å². The number of rotatable bonds is 4. The maximum atomic E-state index is 15.3. The smallest absolute Gasteiger partial charge is 0.252 e. The van der Waals surface area contributed by atoms with Crippen LogP contribution in [0.3, 0.4) is 0 Å². The van der Waals surface area contributed by atoms with Crippen molar-refractivity contribution in [3.63, 3.8) is 0 Å². The van der Waals surface area contributed by atoms with E-state index in [2.05, 4.69) is 30.5 Å². The highest BCUT2D eigenvalue weighted by molar-refractivity contribution is 6.31. The van der Waals surface area contributed by atoms with Gasteiger partial charge in [0.2, 0.25) is 11.9 Å². The van der Waals surface area contributed by atoms with Crippen LogP contribution < -0.4 is 5.56 Å². The highest BCUT2D eigenvalue weighted by Gasteiger charge is 2.54. The Balaban J connectivity index is 1.35. The quantitative estimate of drug-likeness (QED) is 0.342. The molecule has 0 amide bonds. The maximum Gasteiger partial charge on any atom is 0.252 e. The van der Waals surface area contributed by atoms with Crippen molar-refractivity contribution in [2.24, 2.45) is 5.92 Å². The summed E-state index contributed by atoms with van der Waals surface area (Å²) in [6.07, 6.45) is 2.05. The second-order valence-electron chi connectivity index (χ2n) is 9.41. The molecule has 13 heteroatoms. The number of nitrogens with zero attached hydrogens (tertiary/aromatic N) is 7. The summed E-state index contributed by atoms with van der Waals surface area (Å²) < 4.78 is 47.5. The van der Waals surface area contributed by atoms with Crippen LogP contribution in [0.5, 0.6) is 0 Å². The van der Waals surface area contributed by atoms with Gasteiger partial charge in [-0.3, -0.25) is 4.79 Å².